The molecule has 10 heteroatoms. The minimum atomic E-state index is 0. The van der Waals surface area contributed by atoms with Crippen LogP contribution in [-0.4, -0.2) is 32.7 Å². The van der Waals surface area contributed by atoms with Gasteiger partial charge in [-0.15, -0.1) is 12.4 Å². The molecule has 0 aliphatic carbocycles. The van der Waals surface area contributed by atoms with Crippen molar-refractivity contribution in [3.8, 4) is 23.0 Å². The molecule has 276 valence electrons. The number of ether oxygens (including phenoxy) is 4. The zero-order valence-electron chi connectivity index (χ0n) is 31.0. The van der Waals surface area contributed by atoms with Gasteiger partial charge in [-0.3, -0.25) is 9.97 Å². The Balaban J connectivity index is 0.000000210. The van der Waals surface area contributed by atoms with Crippen LogP contribution in [0.4, 0.5) is 0 Å². The molecule has 0 saturated carbocycles. The minimum absolute atomic E-state index is 0. The Bertz CT molecular complexity index is 2300. The summed E-state index contributed by atoms with van der Waals surface area (Å²) in [7, 11) is 0. The summed E-state index contributed by atoms with van der Waals surface area (Å²) in [6.07, 6.45) is 3.59. The van der Waals surface area contributed by atoms with Crippen molar-refractivity contribution in [3.63, 3.8) is 0 Å². The number of hydrogen-bond acceptors (Lipinski definition) is 6. The van der Waals surface area contributed by atoms with Crippen LogP contribution in [0.25, 0.3) is 22.1 Å². The lowest BCUT2D eigenvalue weighted by atomic mass is 10.2. The van der Waals surface area contributed by atoms with Crippen molar-refractivity contribution < 1.29 is 18.9 Å². The van der Waals surface area contributed by atoms with Crippen molar-refractivity contribution >= 4 is 46.1 Å². The number of H-pyrrole nitrogens is 1. The molecule has 8 nitrogen and oxygen atoms in total. The predicted octanol–water partition coefficient (Wildman–Crippen LogP) is 10.9. The number of benzene rings is 3. The molecule has 0 atom stereocenters. The van der Waals surface area contributed by atoms with Gasteiger partial charge in [0.25, 0.3) is 0 Å². The fourth-order valence-corrected chi connectivity index (χ4v) is 6.44. The number of aryl methyl sites for hydroxylation is 3. The molecule has 0 spiro atoms. The van der Waals surface area contributed by atoms with E-state index in [0.717, 1.165) is 83.6 Å². The Morgan fingerprint density at radius 3 is 1.85 bits per heavy atom. The van der Waals surface area contributed by atoms with E-state index in [9.17, 15) is 0 Å². The van der Waals surface area contributed by atoms with Gasteiger partial charge in [0.15, 0.2) is 0 Å². The minimum Gasteiger partial charge on any atom is -0.493 e. The van der Waals surface area contributed by atoms with E-state index >= 15 is 0 Å². The zero-order chi connectivity index (χ0) is 36.6. The Kier molecular flexibility index (Phi) is 13.3. The first-order chi connectivity index (χ1) is 25.3. The van der Waals surface area contributed by atoms with Gasteiger partial charge < -0.3 is 28.5 Å². The summed E-state index contributed by atoms with van der Waals surface area (Å²) in [5.41, 5.74) is 11.7. The van der Waals surface area contributed by atoms with Crippen LogP contribution in [0.1, 0.15) is 53.1 Å². The van der Waals surface area contributed by atoms with Crippen LogP contribution < -0.4 is 18.9 Å². The average molecular weight is 754 g/mol. The Morgan fingerprint density at radius 2 is 1.23 bits per heavy atom. The molecule has 0 bridgehead atoms. The highest BCUT2D eigenvalue weighted by Gasteiger charge is 2.18. The van der Waals surface area contributed by atoms with E-state index in [1.54, 1.807) is 6.20 Å². The van der Waals surface area contributed by atoms with E-state index in [4.69, 9.17) is 30.5 Å². The normalized spacial score (nSPS) is 10.8. The SMILES string of the molecule is CCOc1ccccc1COc1ccnc2c(C)c(C)[nH]c12.CCOc1ccccc1COc1ccnc2c(C)c(C)n(Cc3cccc(Cl)c3)c12.Cl. The smallest absolute Gasteiger partial charge is 0.147 e. The largest absolute Gasteiger partial charge is 0.493 e. The molecule has 0 saturated heterocycles. The van der Waals surface area contributed by atoms with Gasteiger partial charge in [-0.1, -0.05) is 60.1 Å². The third kappa shape index (κ3) is 8.90. The number of nitrogens with one attached hydrogen (secondary N) is 1. The second kappa shape index (κ2) is 18.0. The first kappa shape index (κ1) is 39.0. The van der Waals surface area contributed by atoms with E-state index in [2.05, 4.69) is 46.4 Å². The summed E-state index contributed by atoms with van der Waals surface area (Å²) in [5.74, 6) is 3.35. The maximum absolute atomic E-state index is 6.30. The molecule has 4 heterocycles. The second-order valence-electron chi connectivity index (χ2n) is 12.5. The van der Waals surface area contributed by atoms with Gasteiger partial charge in [0.1, 0.15) is 47.2 Å². The lowest BCUT2D eigenvalue weighted by Crippen LogP contribution is -2.05. The summed E-state index contributed by atoms with van der Waals surface area (Å²) < 4.78 is 25.9. The molecule has 3 aromatic carbocycles. The number of nitrogens with zero attached hydrogens (tertiary/aromatic N) is 3. The molecule has 7 aromatic rings. The molecule has 0 radical (unpaired) electrons. The summed E-state index contributed by atoms with van der Waals surface area (Å²) in [4.78, 5) is 12.4. The summed E-state index contributed by atoms with van der Waals surface area (Å²) in [6, 6.07) is 27.7. The van der Waals surface area contributed by atoms with Crippen molar-refractivity contribution in [2.24, 2.45) is 0 Å². The number of para-hydroxylation sites is 2. The zero-order valence-corrected chi connectivity index (χ0v) is 32.6. The van der Waals surface area contributed by atoms with Crippen LogP contribution >= 0.6 is 24.0 Å². The highest BCUT2D eigenvalue weighted by Crippen LogP contribution is 2.33. The fourth-order valence-electron chi connectivity index (χ4n) is 6.22. The summed E-state index contributed by atoms with van der Waals surface area (Å²) in [5, 5.41) is 0.737. The van der Waals surface area contributed by atoms with E-state index in [1.165, 1.54) is 5.69 Å². The molecular formula is C43H46Cl2N4O4. The van der Waals surface area contributed by atoms with Gasteiger partial charge in [0.2, 0.25) is 0 Å². The molecule has 0 aliphatic rings. The second-order valence-corrected chi connectivity index (χ2v) is 12.9. The van der Waals surface area contributed by atoms with Crippen molar-refractivity contribution in [1.82, 2.24) is 19.5 Å². The molecule has 7 rings (SSSR count). The maximum Gasteiger partial charge on any atom is 0.147 e. The van der Waals surface area contributed by atoms with Crippen molar-refractivity contribution in [2.75, 3.05) is 13.2 Å². The number of rotatable bonds is 12. The van der Waals surface area contributed by atoms with Gasteiger partial charge in [-0.2, -0.15) is 0 Å². The Morgan fingerprint density at radius 1 is 0.642 bits per heavy atom. The van der Waals surface area contributed by atoms with E-state index < -0.39 is 0 Å². The van der Waals surface area contributed by atoms with Gasteiger partial charge in [-0.05, 0) is 82.5 Å². The lowest BCUT2D eigenvalue weighted by molar-refractivity contribution is 0.288. The van der Waals surface area contributed by atoms with Gasteiger partial charge in [0, 0.05) is 58.6 Å². The average Bonchev–Trinajstić information content (AvgIpc) is 3.58. The molecular weight excluding hydrogens is 707 g/mol. The van der Waals surface area contributed by atoms with Crippen LogP contribution in [0.15, 0.2) is 97.3 Å². The topological polar surface area (TPSA) is 83.4 Å². The molecule has 0 aliphatic heterocycles. The van der Waals surface area contributed by atoms with Gasteiger partial charge in [-0.25, -0.2) is 0 Å². The highest BCUT2D eigenvalue weighted by atomic mass is 35.5. The Labute approximate surface area is 322 Å². The molecule has 0 amide bonds. The quantitative estimate of drug-likeness (QED) is 0.134. The third-order valence-electron chi connectivity index (χ3n) is 9.14. The predicted molar refractivity (Wildman–Crippen MR) is 216 cm³/mol. The van der Waals surface area contributed by atoms with Crippen molar-refractivity contribution in [2.45, 2.75) is 61.3 Å². The van der Waals surface area contributed by atoms with E-state index in [1.807, 2.05) is 106 Å². The van der Waals surface area contributed by atoms with Gasteiger partial charge in [0.05, 0.1) is 24.2 Å². The van der Waals surface area contributed by atoms with Gasteiger partial charge >= 0.3 is 0 Å². The highest BCUT2D eigenvalue weighted by molar-refractivity contribution is 6.30. The first-order valence-corrected chi connectivity index (χ1v) is 18.0. The maximum atomic E-state index is 6.30. The number of aromatic amines is 1. The molecule has 4 aromatic heterocycles. The molecule has 1 N–H and O–H groups in total. The lowest BCUT2D eigenvalue weighted by Gasteiger charge is -2.14. The summed E-state index contributed by atoms with van der Waals surface area (Å²) in [6.45, 7) is 15.2. The Hall–Kier alpha value is -5.18. The van der Waals surface area contributed by atoms with Crippen LogP contribution in [0.5, 0.6) is 23.0 Å². The molecule has 53 heavy (non-hydrogen) atoms. The van der Waals surface area contributed by atoms with Crippen molar-refractivity contribution in [1.29, 1.82) is 0 Å². The van der Waals surface area contributed by atoms with Crippen molar-refractivity contribution in [3.05, 3.63) is 142 Å². The number of halogens is 2. The van der Waals surface area contributed by atoms with Crippen LogP contribution in [0.3, 0.4) is 0 Å². The van der Waals surface area contributed by atoms with Crippen LogP contribution in [0, 0.1) is 27.7 Å². The number of hydrogen-bond donors (Lipinski definition) is 1. The summed E-state index contributed by atoms with van der Waals surface area (Å²) >= 11 is 6.21. The standard InChI is InChI=1S/C25H25ClN2O2.C18H20N2O2.ClH/c1-4-29-22-11-6-5-9-20(22)16-30-23-12-13-27-24-17(2)18(3)28(25(23)24)15-19-8-7-10-21(26)14-19;1-4-21-15-8-6-5-7-14(15)11-22-16-9-10-19-17-12(2)13(3)20-18(16)17;/h5-14H,4,15-16H2,1-3H3;5-10,20H,4,11H2,1-3H3;1H. The van der Waals surface area contributed by atoms with Crippen LogP contribution in [0.2, 0.25) is 5.02 Å². The number of pyridine rings is 2. The first-order valence-electron chi connectivity index (χ1n) is 17.6. The number of aromatic nitrogens is 4. The van der Waals surface area contributed by atoms with Crippen LogP contribution in [-0.2, 0) is 19.8 Å². The number of fused-ring (bicyclic) bond motifs is 2. The molecule has 0 unspecified atom stereocenters. The molecule has 0 fully saturated rings. The van der Waals surface area contributed by atoms with E-state index in [-0.39, 0.29) is 12.4 Å². The van der Waals surface area contributed by atoms with E-state index in [0.29, 0.717) is 33.0 Å². The fraction of sp³-hybridized carbons (Fsp3) is 0.256. The third-order valence-corrected chi connectivity index (χ3v) is 9.38. The monoisotopic (exact) mass is 752 g/mol.